The number of rotatable bonds is 11. The van der Waals surface area contributed by atoms with E-state index in [2.05, 4.69) is 45.4 Å². The molecule has 5 rings (SSSR count). The molecule has 2 aliphatic rings. The van der Waals surface area contributed by atoms with Gasteiger partial charge in [0.1, 0.15) is 6.67 Å². The average molecular weight is 574 g/mol. The van der Waals surface area contributed by atoms with Crippen molar-refractivity contribution in [1.82, 2.24) is 20.2 Å². The third kappa shape index (κ3) is 6.89. The number of hydrogen-bond donors (Lipinski definition) is 1. The van der Waals surface area contributed by atoms with Crippen molar-refractivity contribution in [3.63, 3.8) is 0 Å². The molecule has 0 spiro atoms. The zero-order valence-corrected chi connectivity index (χ0v) is 24.6. The highest BCUT2D eigenvalue weighted by molar-refractivity contribution is 5.70. The van der Waals surface area contributed by atoms with Gasteiger partial charge < -0.3 is 14.9 Å². The lowest BCUT2D eigenvalue weighted by Gasteiger charge is -2.35. The number of carboxylic acids is 1. The van der Waals surface area contributed by atoms with Gasteiger partial charge in [0, 0.05) is 31.9 Å². The third-order valence-electron chi connectivity index (χ3n) is 8.79. The van der Waals surface area contributed by atoms with Crippen LogP contribution < -0.4 is 9.80 Å². The van der Waals surface area contributed by atoms with Crippen molar-refractivity contribution in [3.05, 3.63) is 63.7 Å². The van der Waals surface area contributed by atoms with Crippen LogP contribution in [0, 0.1) is 23.2 Å². The number of hydrogen-bond acceptors (Lipinski definition) is 7. The van der Waals surface area contributed by atoms with Crippen molar-refractivity contribution < 1.29 is 14.3 Å². The summed E-state index contributed by atoms with van der Waals surface area (Å²) in [6, 6.07) is 12.0. The quantitative estimate of drug-likeness (QED) is 0.327. The fourth-order valence-electron chi connectivity index (χ4n) is 6.57. The van der Waals surface area contributed by atoms with Gasteiger partial charge in [-0.1, -0.05) is 17.2 Å². The maximum atomic E-state index is 13.6. The second-order valence-electron chi connectivity index (χ2n) is 11.8. The van der Waals surface area contributed by atoms with Crippen molar-refractivity contribution in [3.8, 4) is 6.07 Å². The Balaban J connectivity index is 1.47. The predicted molar refractivity (Wildman–Crippen MR) is 159 cm³/mol. The summed E-state index contributed by atoms with van der Waals surface area (Å²) >= 11 is 0. The summed E-state index contributed by atoms with van der Waals surface area (Å²) in [6.45, 7) is 4.20. The SMILES string of the molecule is CCN(C[C@H]1CC[C@H](C(=O)O)CC1)c1cc2c(cc1CN(Cc1cc(C#N)cc(CF)c1)c1nnn(C)n1)CCCC2. The van der Waals surface area contributed by atoms with Crippen LogP contribution in [0.25, 0.3) is 0 Å². The summed E-state index contributed by atoms with van der Waals surface area (Å²) in [7, 11) is 1.73. The van der Waals surface area contributed by atoms with E-state index in [1.165, 1.54) is 40.0 Å². The molecule has 0 radical (unpaired) electrons. The number of aliphatic carboxylic acids is 1. The zero-order chi connectivity index (χ0) is 29.6. The number of aryl methyl sites for hydroxylation is 3. The fourth-order valence-corrected chi connectivity index (χ4v) is 6.57. The van der Waals surface area contributed by atoms with Crippen LogP contribution in [0.15, 0.2) is 30.3 Å². The molecule has 0 saturated heterocycles. The lowest BCUT2D eigenvalue weighted by molar-refractivity contribution is -0.143. The molecule has 222 valence electrons. The molecule has 3 aromatic rings. The Kier molecular flexibility index (Phi) is 9.35. The molecule has 0 atom stereocenters. The van der Waals surface area contributed by atoms with E-state index in [1.54, 1.807) is 25.2 Å². The van der Waals surface area contributed by atoms with E-state index in [9.17, 15) is 19.6 Å². The minimum atomic E-state index is -0.672. The highest BCUT2D eigenvalue weighted by atomic mass is 19.1. The van der Waals surface area contributed by atoms with E-state index < -0.39 is 12.6 Å². The summed E-state index contributed by atoms with van der Waals surface area (Å²) in [5.41, 5.74) is 6.88. The van der Waals surface area contributed by atoms with Crippen LogP contribution in [0.3, 0.4) is 0 Å². The van der Waals surface area contributed by atoms with Crippen molar-refractivity contribution in [2.24, 2.45) is 18.9 Å². The Morgan fingerprint density at radius 2 is 1.76 bits per heavy atom. The number of nitriles is 1. The summed E-state index contributed by atoms with van der Waals surface area (Å²) < 4.78 is 13.6. The lowest BCUT2D eigenvalue weighted by atomic mass is 9.81. The molecule has 2 aliphatic carbocycles. The largest absolute Gasteiger partial charge is 0.481 e. The molecule has 1 fully saturated rings. The van der Waals surface area contributed by atoms with Crippen LogP contribution in [-0.2, 0) is 44.4 Å². The minimum absolute atomic E-state index is 0.221. The predicted octanol–water partition coefficient (Wildman–Crippen LogP) is 5.35. The highest BCUT2D eigenvalue weighted by Gasteiger charge is 2.28. The van der Waals surface area contributed by atoms with Gasteiger partial charge in [-0.2, -0.15) is 10.1 Å². The first kappa shape index (κ1) is 29.5. The monoisotopic (exact) mass is 573 g/mol. The van der Waals surface area contributed by atoms with E-state index in [0.29, 0.717) is 36.1 Å². The molecule has 2 aromatic carbocycles. The highest BCUT2D eigenvalue weighted by Crippen LogP contribution is 2.35. The van der Waals surface area contributed by atoms with Crippen molar-refractivity contribution >= 4 is 17.6 Å². The van der Waals surface area contributed by atoms with Crippen molar-refractivity contribution in [2.75, 3.05) is 22.9 Å². The second-order valence-corrected chi connectivity index (χ2v) is 11.8. The number of fused-ring (bicyclic) bond motifs is 1. The molecule has 10 heteroatoms. The first-order chi connectivity index (χ1) is 20.4. The minimum Gasteiger partial charge on any atom is -0.481 e. The molecule has 42 heavy (non-hydrogen) atoms. The molecule has 1 N–H and O–H groups in total. The van der Waals surface area contributed by atoms with Crippen LogP contribution in [0.2, 0.25) is 0 Å². The molecule has 1 aromatic heterocycles. The van der Waals surface area contributed by atoms with Gasteiger partial charge in [-0.3, -0.25) is 4.79 Å². The number of nitrogens with zero attached hydrogens (tertiary/aromatic N) is 7. The summed E-state index contributed by atoms with van der Waals surface area (Å²) in [4.78, 5) is 17.4. The molecule has 1 saturated carbocycles. The topological polar surface area (TPSA) is 111 Å². The van der Waals surface area contributed by atoms with Crippen LogP contribution in [0.1, 0.15) is 78.8 Å². The van der Waals surface area contributed by atoms with E-state index in [-0.39, 0.29) is 5.92 Å². The molecule has 0 bridgehead atoms. The maximum Gasteiger partial charge on any atom is 0.306 e. The molecular formula is C32H40FN7O2. The van der Waals surface area contributed by atoms with Gasteiger partial charge in [0.15, 0.2) is 0 Å². The van der Waals surface area contributed by atoms with Gasteiger partial charge in [0.25, 0.3) is 5.95 Å². The van der Waals surface area contributed by atoms with Gasteiger partial charge in [0.2, 0.25) is 0 Å². The molecule has 1 heterocycles. The number of carboxylic acid groups (broad SMARTS) is 1. The molecule has 9 nitrogen and oxygen atoms in total. The molecular weight excluding hydrogens is 533 g/mol. The van der Waals surface area contributed by atoms with Crippen LogP contribution in [0.5, 0.6) is 0 Å². The summed E-state index contributed by atoms with van der Waals surface area (Å²) in [5.74, 6) is 0.0333. The number of anilines is 2. The Hall–Kier alpha value is -4.00. The normalized spacial score (nSPS) is 18.2. The molecule has 0 amide bonds. The van der Waals surface area contributed by atoms with E-state index >= 15 is 0 Å². The van der Waals surface area contributed by atoms with Gasteiger partial charge in [-0.15, -0.1) is 5.10 Å². The Morgan fingerprint density at radius 3 is 2.38 bits per heavy atom. The Morgan fingerprint density at radius 1 is 1.05 bits per heavy atom. The summed E-state index contributed by atoms with van der Waals surface area (Å²) in [6.07, 6.45) is 7.84. The van der Waals surface area contributed by atoms with Gasteiger partial charge in [-0.25, -0.2) is 4.39 Å². The number of benzene rings is 2. The van der Waals surface area contributed by atoms with E-state index in [4.69, 9.17) is 0 Å². The van der Waals surface area contributed by atoms with Crippen LogP contribution in [0.4, 0.5) is 16.0 Å². The second kappa shape index (κ2) is 13.3. The van der Waals surface area contributed by atoms with E-state index in [0.717, 1.165) is 57.2 Å². The number of halogens is 1. The number of alkyl halides is 1. The van der Waals surface area contributed by atoms with Gasteiger partial charge in [0.05, 0.1) is 24.6 Å². The Bertz CT molecular complexity index is 1440. The first-order valence-corrected chi connectivity index (χ1v) is 15.1. The molecule has 0 unspecified atom stereocenters. The average Bonchev–Trinajstić information content (AvgIpc) is 3.45. The van der Waals surface area contributed by atoms with Gasteiger partial charge >= 0.3 is 5.97 Å². The smallest absolute Gasteiger partial charge is 0.306 e. The third-order valence-corrected chi connectivity index (χ3v) is 8.79. The number of tetrazole rings is 1. The maximum absolute atomic E-state index is 13.6. The number of aromatic nitrogens is 4. The lowest BCUT2D eigenvalue weighted by Crippen LogP contribution is -2.34. The van der Waals surface area contributed by atoms with E-state index in [1.807, 2.05) is 4.90 Å². The van der Waals surface area contributed by atoms with Crippen LogP contribution >= 0.6 is 0 Å². The molecule has 0 aliphatic heterocycles. The summed E-state index contributed by atoms with van der Waals surface area (Å²) in [5, 5.41) is 31.9. The zero-order valence-electron chi connectivity index (χ0n) is 24.6. The first-order valence-electron chi connectivity index (χ1n) is 15.1. The fraction of sp³-hybridized carbons (Fsp3) is 0.531. The standard InChI is InChI=1S/C32H40FN7O2/c1-3-39(19-22-8-10-26(11-9-22)31(41)42)30-16-28-7-5-4-6-27(28)15-29(30)21-40(32-35-37-38(2)36-32)20-25-13-23(17-33)12-24(14-25)18-34/h12-16,22,26H,3-11,17,19-21H2,1-2H3,(H,41,42)/t22-,26-. The number of carbonyl (C=O) groups is 1. The van der Waals surface area contributed by atoms with Crippen molar-refractivity contribution in [1.29, 1.82) is 5.26 Å². The van der Waals surface area contributed by atoms with Gasteiger partial charge in [-0.05, 0) is 115 Å². The van der Waals surface area contributed by atoms with Crippen molar-refractivity contribution in [2.45, 2.75) is 78.1 Å². The Labute approximate surface area is 246 Å². The van der Waals surface area contributed by atoms with Crippen LogP contribution in [-0.4, -0.2) is 44.4 Å².